The first-order valence-corrected chi connectivity index (χ1v) is 7.98. The molecule has 1 aliphatic rings. The van der Waals surface area contributed by atoms with Crippen LogP contribution in [0.25, 0.3) is 0 Å². The van der Waals surface area contributed by atoms with Crippen molar-refractivity contribution in [3.8, 4) is 0 Å². The normalized spacial score (nSPS) is 21.3. The van der Waals surface area contributed by atoms with Gasteiger partial charge in [0.05, 0.1) is 0 Å². The summed E-state index contributed by atoms with van der Waals surface area (Å²) in [6.07, 6.45) is 3.89. The summed E-state index contributed by atoms with van der Waals surface area (Å²) in [5, 5.41) is 3.10. The second kappa shape index (κ2) is 7.98. The molecule has 3 nitrogen and oxygen atoms in total. The zero-order valence-electron chi connectivity index (χ0n) is 13.9. The van der Waals surface area contributed by atoms with Gasteiger partial charge in [0.1, 0.15) is 0 Å². The third kappa shape index (κ3) is 4.72. The number of nitrogens with one attached hydrogen (secondary N) is 1. The molecule has 0 bridgehead atoms. The zero-order chi connectivity index (χ0) is 15.5. The lowest BCUT2D eigenvalue weighted by atomic mass is 9.82. The van der Waals surface area contributed by atoms with Gasteiger partial charge in [-0.25, -0.2) is 0 Å². The molecule has 3 N–H and O–H groups in total. The lowest BCUT2D eigenvalue weighted by molar-refractivity contribution is -0.122. The standard InChI is InChI=1S/C18H28N2O.ClH/c1-13-7-4-5-9-15(13)18(2,3)12-20-17(21)11-14-8-6-10-16(14)19;/h4-5,7,9,14,16H,6,8,10-12,19H2,1-3H3,(H,20,21);1H/t14-,16+;/m0./s1. The summed E-state index contributed by atoms with van der Waals surface area (Å²) in [5.41, 5.74) is 8.55. The lowest BCUT2D eigenvalue weighted by Crippen LogP contribution is -2.39. The second-order valence-electron chi connectivity index (χ2n) is 7.03. The fraction of sp³-hybridized carbons (Fsp3) is 0.611. The Morgan fingerprint density at radius 2 is 2.00 bits per heavy atom. The van der Waals surface area contributed by atoms with Crippen molar-refractivity contribution in [2.45, 2.75) is 57.9 Å². The maximum Gasteiger partial charge on any atom is 0.220 e. The summed E-state index contributed by atoms with van der Waals surface area (Å²) >= 11 is 0. The van der Waals surface area contributed by atoms with Gasteiger partial charge in [-0.15, -0.1) is 12.4 Å². The van der Waals surface area contributed by atoms with Gasteiger partial charge in [0, 0.05) is 24.4 Å². The Bertz CT molecular complexity index is 502. The third-order valence-electron chi connectivity index (χ3n) is 4.77. The van der Waals surface area contributed by atoms with E-state index in [-0.39, 0.29) is 29.8 Å². The van der Waals surface area contributed by atoms with Crippen molar-refractivity contribution < 1.29 is 4.79 Å². The largest absolute Gasteiger partial charge is 0.355 e. The van der Waals surface area contributed by atoms with Gasteiger partial charge in [0.15, 0.2) is 0 Å². The van der Waals surface area contributed by atoms with Gasteiger partial charge in [0.2, 0.25) is 5.91 Å². The van der Waals surface area contributed by atoms with Crippen molar-refractivity contribution in [3.05, 3.63) is 35.4 Å². The second-order valence-corrected chi connectivity index (χ2v) is 7.03. The number of benzene rings is 1. The first-order chi connectivity index (χ1) is 9.90. The van der Waals surface area contributed by atoms with Crippen molar-refractivity contribution in [2.24, 2.45) is 11.7 Å². The Hall–Kier alpha value is -1.06. The van der Waals surface area contributed by atoms with Gasteiger partial charge in [0.25, 0.3) is 0 Å². The molecule has 0 unspecified atom stereocenters. The Labute approximate surface area is 140 Å². The lowest BCUT2D eigenvalue weighted by Gasteiger charge is -2.28. The zero-order valence-corrected chi connectivity index (χ0v) is 14.7. The molecule has 0 aromatic heterocycles. The molecule has 1 aliphatic carbocycles. The average molecular weight is 325 g/mol. The molecule has 0 heterocycles. The molecular weight excluding hydrogens is 296 g/mol. The van der Waals surface area contributed by atoms with Crippen LogP contribution in [0.2, 0.25) is 0 Å². The first-order valence-electron chi connectivity index (χ1n) is 7.98. The van der Waals surface area contributed by atoms with E-state index in [0.717, 1.165) is 19.3 Å². The van der Waals surface area contributed by atoms with Crippen LogP contribution < -0.4 is 11.1 Å². The topological polar surface area (TPSA) is 55.1 Å². The quantitative estimate of drug-likeness (QED) is 0.873. The van der Waals surface area contributed by atoms with Gasteiger partial charge >= 0.3 is 0 Å². The van der Waals surface area contributed by atoms with Crippen LogP contribution in [0.5, 0.6) is 0 Å². The highest BCUT2D eigenvalue weighted by Crippen LogP contribution is 2.28. The number of hydrogen-bond acceptors (Lipinski definition) is 2. The highest BCUT2D eigenvalue weighted by molar-refractivity contribution is 5.85. The van der Waals surface area contributed by atoms with Crippen LogP contribution in [0.1, 0.15) is 50.7 Å². The van der Waals surface area contributed by atoms with Crippen LogP contribution in [0.4, 0.5) is 0 Å². The van der Waals surface area contributed by atoms with Gasteiger partial charge in [-0.1, -0.05) is 44.5 Å². The minimum atomic E-state index is -0.0568. The number of carbonyl (C=O) groups excluding carboxylic acids is 1. The van der Waals surface area contributed by atoms with E-state index in [2.05, 4.69) is 50.4 Å². The number of rotatable bonds is 5. The molecule has 1 aromatic carbocycles. The molecule has 1 aromatic rings. The fourth-order valence-electron chi connectivity index (χ4n) is 3.38. The van der Waals surface area contributed by atoms with Crippen LogP contribution in [-0.2, 0) is 10.2 Å². The van der Waals surface area contributed by atoms with Crippen molar-refractivity contribution >= 4 is 18.3 Å². The number of aryl methyl sites for hydroxylation is 1. The molecule has 0 spiro atoms. The summed E-state index contributed by atoms with van der Waals surface area (Å²) < 4.78 is 0. The van der Waals surface area contributed by atoms with Crippen LogP contribution in [0.15, 0.2) is 24.3 Å². The Morgan fingerprint density at radius 3 is 2.59 bits per heavy atom. The van der Waals surface area contributed by atoms with Gasteiger partial charge in [-0.05, 0) is 36.8 Å². The highest BCUT2D eigenvalue weighted by Gasteiger charge is 2.27. The monoisotopic (exact) mass is 324 g/mol. The van der Waals surface area contributed by atoms with Crippen molar-refractivity contribution in [3.63, 3.8) is 0 Å². The summed E-state index contributed by atoms with van der Waals surface area (Å²) in [6.45, 7) is 7.14. The highest BCUT2D eigenvalue weighted by atomic mass is 35.5. The molecule has 124 valence electrons. The van der Waals surface area contributed by atoms with E-state index in [4.69, 9.17) is 5.73 Å². The molecule has 2 rings (SSSR count). The van der Waals surface area contributed by atoms with E-state index in [9.17, 15) is 4.79 Å². The van der Waals surface area contributed by atoms with Crippen LogP contribution in [0.3, 0.4) is 0 Å². The summed E-state index contributed by atoms with van der Waals surface area (Å²) in [5.74, 6) is 0.505. The van der Waals surface area contributed by atoms with Crippen LogP contribution in [-0.4, -0.2) is 18.5 Å². The number of amides is 1. The van der Waals surface area contributed by atoms with Crippen molar-refractivity contribution in [1.82, 2.24) is 5.32 Å². The molecule has 1 amide bonds. The van der Waals surface area contributed by atoms with E-state index < -0.39 is 0 Å². The van der Waals surface area contributed by atoms with E-state index in [1.54, 1.807) is 0 Å². The number of halogens is 1. The predicted molar refractivity (Wildman–Crippen MR) is 94.4 cm³/mol. The molecule has 0 aliphatic heterocycles. The molecule has 0 saturated heterocycles. The van der Waals surface area contributed by atoms with E-state index >= 15 is 0 Å². The SMILES string of the molecule is Cc1ccccc1C(C)(C)CNC(=O)C[C@@H]1CCC[C@H]1N.Cl. The summed E-state index contributed by atoms with van der Waals surface area (Å²) in [7, 11) is 0. The average Bonchev–Trinajstić information content (AvgIpc) is 2.82. The molecule has 0 radical (unpaired) electrons. The van der Waals surface area contributed by atoms with Gasteiger partial charge in [-0.2, -0.15) is 0 Å². The van der Waals surface area contributed by atoms with Crippen LogP contribution >= 0.6 is 12.4 Å². The third-order valence-corrected chi connectivity index (χ3v) is 4.77. The molecule has 1 saturated carbocycles. The Morgan fingerprint density at radius 1 is 1.32 bits per heavy atom. The maximum atomic E-state index is 12.1. The molecular formula is C18H29ClN2O. The fourth-order valence-corrected chi connectivity index (χ4v) is 3.38. The van der Waals surface area contributed by atoms with Gasteiger partial charge in [-0.3, -0.25) is 4.79 Å². The Kier molecular flexibility index (Phi) is 6.89. The first kappa shape index (κ1) is 19.0. The molecule has 4 heteroatoms. The van der Waals surface area contributed by atoms with E-state index in [1.807, 2.05) is 0 Å². The minimum absolute atomic E-state index is 0. The molecule has 1 fully saturated rings. The summed E-state index contributed by atoms with van der Waals surface area (Å²) in [6, 6.07) is 8.59. The number of carbonyl (C=O) groups is 1. The van der Waals surface area contributed by atoms with Gasteiger partial charge < -0.3 is 11.1 Å². The van der Waals surface area contributed by atoms with Crippen molar-refractivity contribution in [2.75, 3.05) is 6.54 Å². The Balaban J connectivity index is 0.00000242. The minimum Gasteiger partial charge on any atom is -0.355 e. The van der Waals surface area contributed by atoms with Crippen LogP contribution in [0, 0.1) is 12.8 Å². The molecule has 2 atom stereocenters. The smallest absolute Gasteiger partial charge is 0.220 e. The number of hydrogen-bond donors (Lipinski definition) is 2. The predicted octanol–water partition coefficient (Wildman–Crippen LogP) is 3.33. The van der Waals surface area contributed by atoms with E-state index in [1.165, 1.54) is 11.1 Å². The molecule has 22 heavy (non-hydrogen) atoms. The maximum absolute atomic E-state index is 12.1. The number of nitrogens with two attached hydrogens (primary N) is 1. The van der Waals surface area contributed by atoms with Crippen molar-refractivity contribution in [1.29, 1.82) is 0 Å². The summed E-state index contributed by atoms with van der Waals surface area (Å²) in [4.78, 5) is 12.1. The van der Waals surface area contributed by atoms with E-state index in [0.29, 0.717) is 18.9 Å².